The van der Waals surface area contributed by atoms with Crippen molar-refractivity contribution in [3.05, 3.63) is 24.3 Å². The highest BCUT2D eigenvalue weighted by Crippen LogP contribution is 2.18. The van der Waals surface area contributed by atoms with Crippen LogP contribution in [0.2, 0.25) is 0 Å². The highest BCUT2D eigenvalue weighted by molar-refractivity contribution is 7.89. The summed E-state index contributed by atoms with van der Waals surface area (Å²) in [6.07, 6.45) is 1.06. The van der Waals surface area contributed by atoms with Gasteiger partial charge in [0.15, 0.2) is 0 Å². The van der Waals surface area contributed by atoms with Crippen molar-refractivity contribution in [1.29, 1.82) is 0 Å². The van der Waals surface area contributed by atoms with Crippen LogP contribution in [0.4, 0.5) is 3.89 Å². The number of carbonyl (C=O) groups is 1. The van der Waals surface area contributed by atoms with E-state index in [-0.39, 0.29) is 10.8 Å². The van der Waals surface area contributed by atoms with Gasteiger partial charge < -0.3 is 4.90 Å². The van der Waals surface area contributed by atoms with E-state index in [0.717, 1.165) is 24.3 Å². The Hall–Kier alpha value is -1.52. The highest BCUT2D eigenvalue weighted by atomic mass is 32.3. The second-order valence-electron chi connectivity index (χ2n) is 4.99. The lowest BCUT2D eigenvalue weighted by atomic mass is 10.1. The van der Waals surface area contributed by atoms with Gasteiger partial charge in [0.05, 0.1) is 9.79 Å². The van der Waals surface area contributed by atoms with Crippen molar-refractivity contribution in [2.24, 2.45) is 0 Å². The van der Waals surface area contributed by atoms with Crippen LogP contribution in [0.15, 0.2) is 34.1 Å². The van der Waals surface area contributed by atoms with Crippen LogP contribution >= 0.6 is 0 Å². The number of sulfonamides is 1. The number of nitrogens with one attached hydrogen (secondary N) is 1. The fourth-order valence-corrected chi connectivity index (χ4v) is 3.86. The number of carbonyl (C=O) groups excluding carboxylic acids is 1. The highest BCUT2D eigenvalue weighted by Gasteiger charge is 2.30. The van der Waals surface area contributed by atoms with Crippen LogP contribution < -0.4 is 4.72 Å². The maximum absolute atomic E-state index is 12.8. The molecule has 1 heterocycles. The lowest BCUT2D eigenvalue weighted by Gasteiger charge is -2.29. The van der Waals surface area contributed by atoms with E-state index in [0.29, 0.717) is 19.4 Å². The van der Waals surface area contributed by atoms with E-state index >= 15 is 0 Å². The number of piperidine rings is 1. The smallest absolute Gasteiger partial charge is 0.332 e. The lowest BCUT2D eigenvalue weighted by Crippen LogP contribution is -2.50. The fourth-order valence-electron chi connectivity index (χ4n) is 2.18. The van der Waals surface area contributed by atoms with Gasteiger partial charge in [-0.05, 0) is 37.1 Å². The Bertz CT molecular complexity index is 774. The van der Waals surface area contributed by atoms with Crippen LogP contribution in [0.5, 0.6) is 0 Å². The quantitative estimate of drug-likeness (QED) is 0.784. The third-order valence-corrected chi connectivity index (χ3v) is 5.70. The van der Waals surface area contributed by atoms with E-state index < -0.39 is 31.2 Å². The van der Waals surface area contributed by atoms with Gasteiger partial charge in [-0.15, -0.1) is 3.89 Å². The molecule has 2 rings (SSSR count). The molecule has 22 heavy (non-hydrogen) atoms. The summed E-state index contributed by atoms with van der Waals surface area (Å²) in [5, 5.41) is 0. The van der Waals surface area contributed by atoms with Crippen LogP contribution in [-0.2, 0) is 25.0 Å². The molecule has 0 spiro atoms. The summed E-state index contributed by atoms with van der Waals surface area (Å²) in [6, 6.07) is 2.82. The van der Waals surface area contributed by atoms with Crippen LogP contribution in [0.3, 0.4) is 0 Å². The number of rotatable bonds is 4. The number of hydrogen-bond donors (Lipinski definition) is 1. The van der Waals surface area contributed by atoms with Gasteiger partial charge in [-0.2, -0.15) is 13.1 Å². The van der Waals surface area contributed by atoms with E-state index in [2.05, 4.69) is 4.72 Å². The van der Waals surface area contributed by atoms with E-state index in [1.54, 1.807) is 7.05 Å². The van der Waals surface area contributed by atoms with Crippen LogP contribution in [0, 0.1) is 0 Å². The third kappa shape index (κ3) is 3.62. The Morgan fingerprint density at radius 3 is 2.23 bits per heavy atom. The first kappa shape index (κ1) is 16.8. The average Bonchev–Trinajstić information content (AvgIpc) is 2.43. The number of amides is 1. The number of likely N-dealkylation sites (tertiary alicyclic amines) is 1. The zero-order chi connectivity index (χ0) is 16.5. The zero-order valence-corrected chi connectivity index (χ0v) is 13.3. The van der Waals surface area contributed by atoms with E-state index in [1.165, 1.54) is 4.90 Å². The molecule has 0 saturated carbocycles. The number of nitrogens with zero attached hydrogens (tertiary/aromatic N) is 1. The summed E-state index contributed by atoms with van der Waals surface area (Å²) in [5.74, 6) is -0.321. The standard InChI is InChI=1S/C12H15FN2O5S2/c1-15-8-2-3-11(12(15)16)14-22(19,20)10-6-4-9(5-7-10)21(13,17)18/h4-7,11,14H,2-3,8H2,1H3. The van der Waals surface area contributed by atoms with Gasteiger partial charge in [0.2, 0.25) is 15.9 Å². The molecular weight excluding hydrogens is 335 g/mol. The molecule has 10 heteroatoms. The molecular formula is C12H15FN2O5S2. The molecule has 0 bridgehead atoms. The molecule has 1 saturated heterocycles. The Balaban J connectivity index is 2.22. The molecule has 0 aliphatic carbocycles. The minimum Gasteiger partial charge on any atom is -0.344 e. The monoisotopic (exact) mass is 350 g/mol. The molecule has 1 fully saturated rings. The van der Waals surface area contributed by atoms with Crippen molar-refractivity contribution in [3.63, 3.8) is 0 Å². The molecule has 1 aromatic rings. The zero-order valence-electron chi connectivity index (χ0n) is 11.7. The number of halogens is 1. The van der Waals surface area contributed by atoms with E-state index in [9.17, 15) is 25.5 Å². The fraction of sp³-hybridized carbons (Fsp3) is 0.417. The van der Waals surface area contributed by atoms with Crippen molar-refractivity contribution in [2.75, 3.05) is 13.6 Å². The molecule has 122 valence electrons. The molecule has 0 aromatic heterocycles. The first-order chi connectivity index (χ1) is 10.1. The molecule has 1 N–H and O–H groups in total. The van der Waals surface area contributed by atoms with Gasteiger partial charge in [0.1, 0.15) is 6.04 Å². The largest absolute Gasteiger partial charge is 0.344 e. The molecule has 1 atom stereocenters. The molecule has 7 nitrogen and oxygen atoms in total. The van der Waals surface area contributed by atoms with Crippen molar-refractivity contribution >= 4 is 26.2 Å². The maximum atomic E-state index is 12.8. The topological polar surface area (TPSA) is 101 Å². The minimum atomic E-state index is -4.88. The Morgan fingerprint density at radius 2 is 1.68 bits per heavy atom. The summed E-state index contributed by atoms with van der Waals surface area (Å²) in [4.78, 5) is 12.5. The van der Waals surface area contributed by atoms with Gasteiger partial charge in [-0.25, -0.2) is 8.42 Å². The number of likely N-dealkylation sites (N-methyl/N-ethyl adjacent to an activating group) is 1. The van der Waals surface area contributed by atoms with Gasteiger partial charge in [-0.1, -0.05) is 0 Å². The molecule has 1 unspecified atom stereocenters. The van der Waals surface area contributed by atoms with E-state index in [1.807, 2.05) is 0 Å². The predicted octanol–water partition coefficient (Wildman–Crippen LogP) is 0.244. The van der Waals surface area contributed by atoms with Gasteiger partial charge >= 0.3 is 10.2 Å². The molecule has 1 amide bonds. The number of hydrogen-bond acceptors (Lipinski definition) is 5. The van der Waals surface area contributed by atoms with Crippen molar-refractivity contribution < 1.29 is 25.5 Å². The summed E-state index contributed by atoms with van der Waals surface area (Å²) < 4.78 is 60.9. The summed E-state index contributed by atoms with van der Waals surface area (Å²) in [6.45, 7) is 0.570. The molecule has 0 radical (unpaired) electrons. The average molecular weight is 350 g/mol. The van der Waals surface area contributed by atoms with Gasteiger partial charge in [-0.3, -0.25) is 4.79 Å². The number of benzene rings is 1. The summed E-state index contributed by atoms with van der Waals surface area (Å²) >= 11 is 0. The third-order valence-electron chi connectivity index (χ3n) is 3.37. The molecule has 1 aliphatic heterocycles. The molecule has 1 aromatic carbocycles. The van der Waals surface area contributed by atoms with E-state index in [4.69, 9.17) is 0 Å². The molecule has 1 aliphatic rings. The first-order valence-electron chi connectivity index (χ1n) is 6.43. The minimum absolute atomic E-state index is 0.235. The first-order valence-corrected chi connectivity index (χ1v) is 9.30. The normalized spacial score (nSPS) is 20.2. The Labute approximate surface area is 128 Å². The van der Waals surface area contributed by atoms with Crippen molar-refractivity contribution in [1.82, 2.24) is 9.62 Å². The van der Waals surface area contributed by atoms with Crippen molar-refractivity contribution in [3.8, 4) is 0 Å². The predicted molar refractivity (Wildman–Crippen MR) is 75.7 cm³/mol. The van der Waals surface area contributed by atoms with Crippen LogP contribution in [0.25, 0.3) is 0 Å². The second kappa shape index (κ2) is 5.94. The van der Waals surface area contributed by atoms with Crippen molar-refractivity contribution in [2.45, 2.75) is 28.7 Å². The SMILES string of the molecule is CN1CCCC(NS(=O)(=O)c2ccc(S(=O)(=O)F)cc2)C1=O. The van der Waals surface area contributed by atoms with Gasteiger partial charge in [0, 0.05) is 13.6 Å². The summed E-state index contributed by atoms with van der Waals surface area (Å²) in [7, 11) is -7.29. The van der Waals surface area contributed by atoms with Crippen LogP contribution in [-0.4, -0.2) is 47.3 Å². The van der Waals surface area contributed by atoms with Gasteiger partial charge in [0.25, 0.3) is 0 Å². The Morgan fingerprint density at radius 1 is 1.14 bits per heavy atom. The van der Waals surface area contributed by atoms with Crippen LogP contribution in [0.1, 0.15) is 12.8 Å². The Kier molecular flexibility index (Phi) is 4.54. The second-order valence-corrected chi connectivity index (χ2v) is 8.05. The lowest BCUT2D eigenvalue weighted by molar-refractivity contribution is -0.133. The maximum Gasteiger partial charge on any atom is 0.332 e. The summed E-state index contributed by atoms with van der Waals surface area (Å²) in [5.41, 5.74) is 0.